The summed E-state index contributed by atoms with van der Waals surface area (Å²) in [6.07, 6.45) is 1.77. The van der Waals surface area contributed by atoms with E-state index < -0.39 is 0 Å². The predicted octanol–water partition coefficient (Wildman–Crippen LogP) is 3.76. The van der Waals surface area contributed by atoms with Gasteiger partial charge in [0.05, 0.1) is 6.04 Å². The molecule has 1 fully saturated rings. The summed E-state index contributed by atoms with van der Waals surface area (Å²) in [4.78, 5) is 2.20. The van der Waals surface area contributed by atoms with Crippen molar-refractivity contribution in [1.29, 1.82) is 0 Å². The normalized spacial score (nSPS) is 16.8. The molecule has 0 aromatic heterocycles. The molecule has 1 heterocycles. The van der Waals surface area contributed by atoms with Crippen LogP contribution in [0.15, 0.2) is 24.8 Å². The van der Waals surface area contributed by atoms with E-state index in [0.29, 0.717) is 16.1 Å². The van der Waals surface area contributed by atoms with Crippen molar-refractivity contribution in [2.75, 3.05) is 26.2 Å². The van der Waals surface area contributed by atoms with Gasteiger partial charge in [-0.3, -0.25) is 4.90 Å². The zero-order valence-electron chi connectivity index (χ0n) is 11.4. The van der Waals surface area contributed by atoms with Gasteiger partial charge in [-0.25, -0.2) is 4.39 Å². The summed E-state index contributed by atoms with van der Waals surface area (Å²) in [7, 11) is 0. The second-order valence-corrected chi connectivity index (χ2v) is 4.97. The Balaban J connectivity index is 0.00000180. The summed E-state index contributed by atoms with van der Waals surface area (Å²) >= 11 is 6.16. The molecular weight excluding hydrogens is 322 g/mol. The molecule has 1 aromatic carbocycles. The SMILES string of the molecule is C=C[C@H](c1c(Cl)ccc(C)c1F)N1CCNCC1.Cl.Cl. The second kappa shape index (κ2) is 8.85. The van der Waals surface area contributed by atoms with Crippen molar-refractivity contribution < 1.29 is 4.39 Å². The Bertz CT molecular complexity index is 448. The van der Waals surface area contributed by atoms with Crippen LogP contribution in [-0.2, 0) is 0 Å². The third kappa shape index (κ3) is 4.09. The van der Waals surface area contributed by atoms with Gasteiger partial charge in [-0.15, -0.1) is 31.4 Å². The van der Waals surface area contributed by atoms with Crippen molar-refractivity contribution in [2.24, 2.45) is 0 Å². The van der Waals surface area contributed by atoms with Gasteiger partial charge < -0.3 is 5.32 Å². The number of nitrogens with one attached hydrogen (secondary N) is 1. The number of piperazine rings is 1. The number of aryl methyl sites for hydroxylation is 1. The van der Waals surface area contributed by atoms with Gasteiger partial charge in [-0.05, 0) is 18.6 Å². The fourth-order valence-corrected chi connectivity index (χ4v) is 2.62. The quantitative estimate of drug-likeness (QED) is 0.842. The standard InChI is InChI=1S/C14H18ClFN2.2ClH/c1-3-12(18-8-6-17-7-9-18)13-11(15)5-4-10(2)14(13)16;;/h3-5,12,17H,1,6-9H2,2H3;2*1H/t12-;;/m1../s1. The number of rotatable bonds is 3. The van der Waals surface area contributed by atoms with Crippen LogP contribution in [0, 0.1) is 12.7 Å². The minimum Gasteiger partial charge on any atom is -0.314 e. The Morgan fingerprint density at radius 2 is 1.95 bits per heavy atom. The molecule has 0 radical (unpaired) electrons. The molecule has 0 unspecified atom stereocenters. The van der Waals surface area contributed by atoms with E-state index in [1.54, 1.807) is 25.1 Å². The van der Waals surface area contributed by atoms with E-state index in [1.807, 2.05) is 0 Å². The van der Waals surface area contributed by atoms with E-state index in [9.17, 15) is 4.39 Å². The largest absolute Gasteiger partial charge is 0.314 e. The first kappa shape index (κ1) is 19.7. The van der Waals surface area contributed by atoms with E-state index >= 15 is 0 Å². The van der Waals surface area contributed by atoms with E-state index in [0.717, 1.165) is 26.2 Å². The van der Waals surface area contributed by atoms with Crippen LogP contribution in [-0.4, -0.2) is 31.1 Å². The highest BCUT2D eigenvalue weighted by atomic mass is 35.5. The first-order valence-corrected chi connectivity index (χ1v) is 6.54. The van der Waals surface area contributed by atoms with Gasteiger partial charge in [0, 0.05) is 36.8 Å². The van der Waals surface area contributed by atoms with Gasteiger partial charge in [0.1, 0.15) is 5.82 Å². The summed E-state index contributed by atoms with van der Waals surface area (Å²) < 4.78 is 14.3. The average molecular weight is 342 g/mol. The smallest absolute Gasteiger partial charge is 0.132 e. The summed E-state index contributed by atoms with van der Waals surface area (Å²) in [5, 5.41) is 3.76. The van der Waals surface area contributed by atoms with Crippen LogP contribution in [0.4, 0.5) is 4.39 Å². The minimum atomic E-state index is -0.217. The third-order valence-electron chi connectivity index (χ3n) is 3.38. The molecule has 0 saturated carbocycles. The van der Waals surface area contributed by atoms with Crippen LogP contribution in [0.3, 0.4) is 0 Å². The van der Waals surface area contributed by atoms with Crippen molar-refractivity contribution in [2.45, 2.75) is 13.0 Å². The van der Waals surface area contributed by atoms with Crippen LogP contribution in [0.5, 0.6) is 0 Å². The average Bonchev–Trinajstić information content (AvgIpc) is 2.40. The van der Waals surface area contributed by atoms with Gasteiger partial charge >= 0.3 is 0 Å². The van der Waals surface area contributed by atoms with Crippen LogP contribution in [0.2, 0.25) is 5.02 Å². The molecule has 114 valence electrons. The molecule has 2 nitrogen and oxygen atoms in total. The lowest BCUT2D eigenvalue weighted by molar-refractivity contribution is 0.200. The topological polar surface area (TPSA) is 15.3 Å². The third-order valence-corrected chi connectivity index (χ3v) is 3.71. The molecule has 1 N–H and O–H groups in total. The molecular formula is C14H20Cl3FN2. The van der Waals surface area contributed by atoms with Gasteiger partial charge in [-0.1, -0.05) is 23.7 Å². The molecule has 2 rings (SSSR count). The maximum absolute atomic E-state index is 14.3. The number of nitrogens with zero attached hydrogens (tertiary/aromatic N) is 1. The lowest BCUT2D eigenvalue weighted by Crippen LogP contribution is -2.44. The molecule has 0 bridgehead atoms. The second-order valence-electron chi connectivity index (χ2n) is 4.56. The zero-order valence-corrected chi connectivity index (χ0v) is 13.8. The molecule has 20 heavy (non-hydrogen) atoms. The van der Waals surface area contributed by atoms with E-state index in [-0.39, 0.29) is 36.7 Å². The molecule has 1 saturated heterocycles. The fourth-order valence-electron chi connectivity index (χ4n) is 2.36. The van der Waals surface area contributed by atoms with Crippen LogP contribution >= 0.6 is 36.4 Å². The Morgan fingerprint density at radius 3 is 2.50 bits per heavy atom. The van der Waals surface area contributed by atoms with Gasteiger partial charge in [0.25, 0.3) is 0 Å². The first-order valence-electron chi connectivity index (χ1n) is 6.17. The van der Waals surface area contributed by atoms with E-state index in [4.69, 9.17) is 11.6 Å². The van der Waals surface area contributed by atoms with Crippen molar-refractivity contribution in [3.63, 3.8) is 0 Å². The molecule has 6 heteroatoms. The van der Waals surface area contributed by atoms with Crippen molar-refractivity contribution in [1.82, 2.24) is 10.2 Å². The van der Waals surface area contributed by atoms with E-state index in [2.05, 4.69) is 16.8 Å². The monoisotopic (exact) mass is 340 g/mol. The molecule has 1 aromatic rings. The highest BCUT2D eigenvalue weighted by molar-refractivity contribution is 6.31. The molecule has 0 amide bonds. The summed E-state index contributed by atoms with van der Waals surface area (Å²) in [5.41, 5.74) is 1.17. The number of hydrogen-bond acceptors (Lipinski definition) is 2. The van der Waals surface area contributed by atoms with Crippen LogP contribution < -0.4 is 5.32 Å². The van der Waals surface area contributed by atoms with Crippen molar-refractivity contribution in [3.8, 4) is 0 Å². The fraction of sp³-hybridized carbons (Fsp3) is 0.429. The molecule has 0 spiro atoms. The lowest BCUT2D eigenvalue weighted by Gasteiger charge is -2.34. The Hall–Kier alpha value is -0.320. The summed E-state index contributed by atoms with van der Waals surface area (Å²) in [5.74, 6) is -0.217. The Kier molecular flexibility index (Phi) is 8.71. The van der Waals surface area contributed by atoms with Crippen molar-refractivity contribution in [3.05, 3.63) is 46.8 Å². The van der Waals surface area contributed by atoms with Gasteiger partial charge in [0.2, 0.25) is 0 Å². The number of benzene rings is 1. The van der Waals surface area contributed by atoms with Gasteiger partial charge in [0.15, 0.2) is 0 Å². The Labute approximate surface area is 137 Å². The number of hydrogen-bond donors (Lipinski definition) is 1. The molecule has 0 aliphatic carbocycles. The zero-order chi connectivity index (χ0) is 13.1. The number of halogens is 4. The first-order chi connectivity index (χ1) is 8.65. The molecule has 1 atom stereocenters. The van der Waals surface area contributed by atoms with Crippen molar-refractivity contribution >= 4 is 36.4 Å². The van der Waals surface area contributed by atoms with E-state index in [1.165, 1.54) is 0 Å². The molecule has 1 aliphatic rings. The predicted molar refractivity (Wildman–Crippen MR) is 88.0 cm³/mol. The maximum Gasteiger partial charge on any atom is 0.132 e. The summed E-state index contributed by atoms with van der Waals surface area (Å²) in [6, 6.07) is 3.31. The highest BCUT2D eigenvalue weighted by Gasteiger charge is 2.24. The minimum absolute atomic E-state index is 0. The summed E-state index contributed by atoms with van der Waals surface area (Å²) in [6.45, 7) is 9.17. The highest BCUT2D eigenvalue weighted by Crippen LogP contribution is 2.32. The lowest BCUT2D eigenvalue weighted by atomic mass is 10.0. The van der Waals surface area contributed by atoms with Crippen LogP contribution in [0.1, 0.15) is 17.2 Å². The molecule has 1 aliphatic heterocycles. The maximum atomic E-state index is 14.3. The van der Waals surface area contributed by atoms with Crippen LogP contribution in [0.25, 0.3) is 0 Å². The van der Waals surface area contributed by atoms with Gasteiger partial charge in [-0.2, -0.15) is 0 Å². The Morgan fingerprint density at radius 1 is 1.35 bits per heavy atom.